The molecule has 2 heterocycles. The van der Waals surface area contributed by atoms with Gasteiger partial charge in [-0.1, -0.05) is 24.3 Å². The van der Waals surface area contributed by atoms with Crippen LogP contribution in [0.25, 0.3) is 11.3 Å². The van der Waals surface area contributed by atoms with Gasteiger partial charge in [-0.15, -0.1) is 0 Å². The van der Waals surface area contributed by atoms with Crippen LogP contribution in [0, 0.1) is 6.92 Å². The van der Waals surface area contributed by atoms with Crippen molar-refractivity contribution in [3.05, 3.63) is 65.5 Å². The van der Waals surface area contributed by atoms with Crippen molar-refractivity contribution in [3.8, 4) is 17.0 Å². The molecule has 0 N–H and O–H groups in total. The molecule has 0 saturated carbocycles. The van der Waals surface area contributed by atoms with Crippen molar-refractivity contribution in [2.24, 2.45) is 0 Å². The molecule has 0 atom stereocenters. The molecule has 0 unspecified atom stereocenters. The Labute approximate surface area is 151 Å². The van der Waals surface area contributed by atoms with Gasteiger partial charge in [0.1, 0.15) is 23.4 Å². The molecule has 2 aromatic heterocycles. The van der Waals surface area contributed by atoms with Gasteiger partial charge in [-0.3, -0.25) is 0 Å². The van der Waals surface area contributed by atoms with E-state index in [2.05, 4.69) is 9.97 Å². The number of carbonyl (C=O) groups is 1. The molecule has 0 aliphatic carbocycles. The first-order valence-electron chi connectivity index (χ1n) is 8.32. The monoisotopic (exact) mass is 352 g/mol. The Kier molecular flexibility index (Phi) is 5.31. The zero-order valence-corrected chi connectivity index (χ0v) is 15.0. The normalized spacial score (nSPS) is 10.6. The number of aromatic nitrogens is 2. The minimum Gasteiger partial charge on any atom is -0.495 e. The largest absolute Gasteiger partial charge is 0.495 e. The van der Waals surface area contributed by atoms with Gasteiger partial charge in [-0.05, 0) is 18.6 Å². The van der Waals surface area contributed by atoms with Gasteiger partial charge in [-0.2, -0.15) is 0 Å². The molecule has 26 heavy (non-hydrogen) atoms. The first-order valence-corrected chi connectivity index (χ1v) is 8.32. The molecule has 0 spiro atoms. The van der Waals surface area contributed by atoms with Crippen LogP contribution >= 0.6 is 0 Å². The number of pyridine rings is 1. The molecule has 3 aromatic rings. The molecule has 0 amide bonds. The Morgan fingerprint density at radius 1 is 1.23 bits per heavy atom. The van der Waals surface area contributed by atoms with E-state index in [1.165, 1.54) is 0 Å². The van der Waals surface area contributed by atoms with Crippen molar-refractivity contribution in [1.82, 2.24) is 9.97 Å². The van der Waals surface area contributed by atoms with Gasteiger partial charge in [0.2, 0.25) is 0 Å². The average Bonchev–Trinajstić information content (AvgIpc) is 3.09. The van der Waals surface area contributed by atoms with Crippen LogP contribution in [0.1, 0.15) is 34.4 Å². The first-order chi connectivity index (χ1) is 12.6. The molecular formula is C20H20N2O4. The van der Waals surface area contributed by atoms with E-state index in [1.54, 1.807) is 32.6 Å². The molecule has 6 heteroatoms. The van der Waals surface area contributed by atoms with Crippen molar-refractivity contribution < 1.29 is 18.7 Å². The first kappa shape index (κ1) is 17.7. The van der Waals surface area contributed by atoms with Crippen LogP contribution in [0.4, 0.5) is 0 Å². The third kappa shape index (κ3) is 3.91. The van der Waals surface area contributed by atoms with E-state index in [0.717, 1.165) is 22.4 Å². The zero-order valence-electron chi connectivity index (χ0n) is 15.0. The van der Waals surface area contributed by atoms with Crippen LogP contribution in [0.3, 0.4) is 0 Å². The summed E-state index contributed by atoms with van der Waals surface area (Å²) in [6.07, 6.45) is 3.80. The van der Waals surface area contributed by atoms with Crippen molar-refractivity contribution in [3.63, 3.8) is 0 Å². The highest BCUT2D eigenvalue weighted by Crippen LogP contribution is 2.24. The Morgan fingerprint density at radius 3 is 2.62 bits per heavy atom. The molecule has 3 rings (SSSR count). The van der Waals surface area contributed by atoms with Gasteiger partial charge >= 0.3 is 5.97 Å². The van der Waals surface area contributed by atoms with Crippen molar-refractivity contribution in [1.29, 1.82) is 0 Å². The summed E-state index contributed by atoms with van der Waals surface area (Å²) in [7, 11) is 1.58. The Bertz CT molecular complexity index is 900. The number of ether oxygens (including phenoxy) is 2. The van der Waals surface area contributed by atoms with Gasteiger partial charge in [0, 0.05) is 24.5 Å². The van der Waals surface area contributed by atoms with Crippen molar-refractivity contribution >= 4 is 5.97 Å². The zero-order chi connectivity index (χ0) is 18.5. The summed E-state index contributed by atoms with van der Waals surface area (Å²) in [5.74, 6) is 0.833. The van der Waals surface area contributed by atoms with Crippen LogP contribution in [0.2, 0.25) is 0 Å². The van der Waals surface area contributed by atoms with Gasteiger partial charge < -0.3 is 13.9 Å². The second-order valence-electron chi connectivity index (χ2n) is 5.73. The predicted octanol–water partition coefficient (Wildman–Crippen LogP) is 3.82. The number of nitrogens with zero attached hydrogens (tertiary/aromatic N) is 2. The average molecular weight is 352 g/mol. The quantitative estimate of drug-likeness (QED) is 0.628. The maximum absolute atomic E-state index is 11.9. The summed E-state index contributed by atoms with van der Waals surface area (Å²) < 4.78 is 15.6. The number of hydrogen-bond donors (Lipinski definition) is 0. The number of rotatable bonds is 6. The minimum absolute atomic E-state index is 0.275. The Hall–Kier alpha value is -3.15. The third-order valence-electron chi connectivity index (χ3n) is 3.92. The van der Waals surface area contributed by atoms with E-state index in [9.17, 15) is 4.79 Å². The van der Waals surface area contributed by atoms with Crippen molar-refractivity contribution in [2.45, 2.75) is 20.3 Å². The molecular weight excluding hydrogens is 332 g/mol. The predicted molar refractivity (Wildman–Crippen MR) is 96.2 cm³/mol. The van der Waals surface area contributed by atoms with E-state index in [-0.39, 0.29) is 5.69 Å². The van der Waals surface area contributed by atoms with Crippen LogP contribution in [-0.2, 0) is 11.2 Å². The van der Waals surface area contributed by atoms with Gasteiger partial charge in [0.15, 0.2) is 5.89 Å². The maximum atomic E-state index is 11.9. The molecule has 0 bridgehead atoms. The number of benzene rings is 1. The fraction of sp³-hybridized carbons (Fsp3) is 0.250. The number of aryl methyl sites for hydroxylation is 1. The molecule has 0 radical (unpaired) electrons. The fourth-order valence-corrected chi connectivity index (χ4v) is 2.63. The van der Waals surface area contributed by atoms with Gasteiger partial charge in [-0.25, -0.2) is 14.8 Å². The van der Waals surface area contributed by atoms with E-state index in [4.69, 9.17) is 13.9 Å². The van der Waals surface area contributed by atoms with Gasteiger partial charge in [0.05, 0.1) is 19.9 Å². The molecule has 0 fully saturated rings. The molecule has 0 saturated heterocycles. The number of methoxy groups -OCH3 is 1. The standard InChI is InChI=1S/C20H20N2O4/c1-4-25-20(23)17-10-16(19(24-3)11-21-17)9-14-5-7-15(8-6-14)18-12-26-13(2)22-18/h5-8,10-12H,4,9H2,1-3H3. The van der Waals surface area contributed by atoms with Crippen LogP contribution in [0.5, 0.6) is 5.75 Å². The molecule has 6 nitrogen and oxygen atoms in total. The second-order valence-corrected chi connectivity index (χ2v) is 5.73. The Morgan fingerprint density at radius 2 is 2.00 bits per heavy atom. The summed E-state index contributed by atoms with van der Waals surface area (Å²) in [6, 6.07) is 9.73. The third-order valence-corrected chi connectivity index (χ3v) is 3.92. The lowest BCUT2D eigenvalue weighted by atomic mass is 10.0. The summed E-state index contributed by atoms with van der Waals surface area (Å²) in [6.45, 7) is 3.89. The van der Waals surface area contributed by atoms with E-state index in [1.807, 2.05) is 31.2 Å². The summed E-state index contributed by atoms with van der Waals surface area (Å²) >= 11 is 0. The lowest BCUT2D eigenvalue weighted by Crippen LogP contribution is -2.08. The highest BCUT2D eigenvalue weighted by atomic mass is 16.5. The molecule has 1 aromatic carbocycles. The lowest BCUT2D eigenvalue weighted by molar-refractivity contribution is 0.0519. The number of hydrogen-bond acceptors (Lipinski definition) is 6. The highest BCUT2D eigenvalue weighted by Gasteiger charge is 2.13. The van der Waals surface area contributed by atoms with Crippen LogP contribution in [-0.4, -0.2) is 29.7 Å². The van der Waals surface area contributed by atoms with E-state index >= 15 is 0 Å². The maximum Gasteiger partial charge on any atom is 0.356 e. The van der Waals surface area contributed by atoms with Gasteiger partial charge in [0.25, 0.3) is 0 Å². The fourth-order valence-electron chi connectivity index (χ4n) is 2.63. The second kappa shape index (κ2) is 7.82. The number of carbonyl (C=O) groups excluding carboxylic acids is 1. The summed E-state index contributed by atoms with van der Waals surface area (Å²) in [4.78, 5) is 20.3. The molecule has 0 aliphatic rings. The minimum atomic E-state index is -0.437. The molecule has 0 aliphatic heterocycles. The lowest BCUT2D eigenvalue weighted by Gasteiger charge is -2.10. The Balaban J connectivity index is 1.83. The topological polar surface area (TPSA) is 74.5 Å². The SMILES string of the molecule is CCOC(=O)c1cc(Cc2ccc(-c3coc(C)n3)cc2)c(OC)cn1. The van der Waals surface area contributed by atoms with Crippen LogP contribution < -0.4 is 4.74 Å². The van der Waals surface area contributed by atoms with Crippen molar-refractivity contribution in [2.75, 3.05) is 13.7 Å². The van der Waals surface area contributed by atoms with Crippen LogP contribution in [0.15, 0.2) is 47.2 Å². The smallest absolute Gasteiger partial charge is 0.356 e. The summed E-state index contributed by atoms with van der Waals surface area (Å²) in [5.41, 5.74) is 4.01. The summed E-state index contributed by atoms with van der Waals surface area (Å²) in [5, 5.41) is 0. The number of esters is 1. The highest BCUT2D eigenvalue weighted by molar-refractivity contribution is 5.87. The molecule has 134 valence electrons. The van der Waals surface area contributed by atoms with E-state index < -0.39 is 5.97 Å². The van der Waals surface area contributed by atoms with E-state index in [0.29, 0.717) is 24.7 Å². The number of oxazole rings is 1.